The first kappa shape index (κ1) is 21.9. The molecular weight excluding hydrogens is 378 g/mol. The fourth-order valence-electron chi connectivity index (χ4n) is 3.59. The van der Waals surface area contributed by atoms with Gasteiger partial charge in [0.05, 0.1) is 12.8 Å². The Morgan fingerprint density at radius 2 is 1.93 bits per heavy atom. The van der Waals surface area contributed by atoms with Crippen molar-refractivity contribution in [3.8, 4) is 0 Å². The van der Waals surface area contributed by atoms with Crippen LogP contribution in [0.15, 0.2) is 52.1 Å². The Hall–Kier alpha value is -2.80. The van der Waals surface area contributed by atoms with E-state index < -0.39 is 0 Å². The van der Waals surface area contributed by atoms with Gasteiger partial charge in [0.1, 0.15) is 0 Å². The van der Waals surface area contributed by atoms with E-state index in [0.717, 1.165) is 49.7 Å². The van der Waals surface area contributed by atoms with Crippen LogP contribution in [0.5, 0.6) is 0 Å². The van der Waals surface area contributed by atoms with Gasteiger partial charge in [-0.15, -0.1) is 0 Å². The van der Waals surface area contributed by atoms with Crippen molar-refractivity contribution in [2.24, 2.45) is 4.99 Å². The summed E-state index contributed by atoms with van der Waals surface area (Å²) in [7, 11) is 0. The maximum absolute atomic E-state index is 12.0. The molecular formula is C23H33N5O2. The standard InChI is InChI=1S/C23H33N5O2/c1-3-13-28-14-11-20(12-15-28)27-23(24-4-2)25-17-18-7-9-19(10-8-18)26-22(29)21-6-5-16-30-21/h5-10,16,20H,3-4,11-15,17H2,1-2H3,(H,26,29)(H2,24,25,27). The van der Waals surface area contributed by atoms with E-state index in [0.29, 0.717) is 18.3 Å². The van der Waals surface area contributed by atoms with Crippen molar-refractivity contribution in [2.75, 3.05) is 31.5 Å². The molecule has 7 heteroatoms. The van der Waals surface area contributed by atoms with Crippen LogP contribution in [0.2, 0.25) is 0 Å². The number of hydrogen-bond acceptors (Lipinski definition) is 4. The van der Waals surface area contributed by atoms with Crippen LogP contribution in [0, 0.1) is 0 Å². The first-order chi connectivity index (χ1) is 14.7. The van der Waals surface area contributed by atoms with E-state index >= 15 is 0 Å². The van der Waals surface area contributed by atoms with Gasteiger partial charge in [-0.25, -0.2) is 4.99 Å². The van der Waals surface area contributed by atoms with Crippen molar-refractivity contribution in [2.45, 2.75) is 45.7 Å². The summed E-state index contributed by atoms with van der Waals surface area (Å²) >= 11 is 0. The van der Waals surface area contributed by atoms with E-state index in [1.54, 1.807) is 12.1 Å². The average Bonchev–Trinajstić information content (AvgIpc) is 3.30. The van der Waals surface area contributed by atoms with Gasteiger partial charge in [-0.3, -0.25) is 4.79 Å². The van der Waals surface area contributed by atoms with Crippen LogP contribution in [-0.4, -0.2) is 49.0 Å². The third kappa shape index (κ3) is 6.62. The van der Waals surface area contributed by atoms with E-state index in [1.807, 2.05) is 24.3 Å². The van der Waals surface area contributed by atoms with Crippen molar-refractivity contribution in [1.29, 1.82) is 0 Å². The Bertz CT molecular complexity index is 794. The van der Waals surface area contributed by atoms with Gasteiger partial charge in [0.2, 0.25) is 0 Å². The molecule has 1 amide bonds. The van der Waals surface area contributed by atoms with E-state index in [-0.39, 0.29) is 5.91 Å². The number of furan rings is 1. The molecule has 3 N–H and O–H groups in total. The molecule has 1 aromatic carbocycles. The molecule has 2 aromatic rings. The zero-order valence-electron chi connectivity index (χ0n) is 18.0. The normalized spacial score (nSPS) is 15.7. The third-order valence-electron chi connectivity index (χ3n) is 5.19. The minimum absolute atomic E-state index is 0.255. The summed E-state index contributed by atoms with van der Waals surface area (Å²) < 4.78 is 5.11. The Morgan fingerprint density at radius 3 is 2.57 bits per heavy atom. The fraction of sp³-hybridized carbons (Fsp3) is 0.478. The smallest absolute Gasteiger partial charge is 0.291 e. The molecule has 0 aliphatic carbocycles. The average molecular weight is 412 g/mol. The summed E-state index contributed by atoms with van der Waals surface area (Å²) in [6.07, 6.45) is 5.00. The van der Waals surface area contributed by atoms with Gasteiger partial charge in [-0.1, -0.05) is 19.1 Å². The molecule has 0 unspecified atom stereocenters. The van der Waals surface area contributed by atoms with Gasteiger partial charge in [-0.2, -0.15) is 0 Å². The molecule has 30 heavy (non-hydrogen) atoms. The van der Waals surface area contributed by atoms with Crippen LogP contribution < -0.4 is 16.0 Å². The first-order valence-electron chi connectivity index (χ1n) is 10.9. The van der Waals surface area contributed by atoms with Crippen LogP contribution in [0.3, 0.4) is 0 Å². The summed E-state index contributed by atoms with van der Waals surface area (Å²) in [6.45, 7) is 9.22. The topological polar surface area (TPSA) is 81.9 Å². The van der Waals surface area contributed by atoms with Crippen molar-refractivity contribution < 1.29 is 9.21 Å². The van der Waals surface area contributed by atoms with Gasteiger partial charge in [-0.05, 0) is 62.6 Å². The van der Waals surface area contributed by atoms with E-state index in [9.17, 15) is 4.79 Å². The summed E-state index contributed by atoms with van der Waals surface area (Å²) in [5.41, 5.74) is 1.81. The molecule has 0 atom stereocenters. The molecule has 1 aromatic heterocycles. The number of carbonyl (C=O) groups excluding carboxylic acids is 1. The van der Waals surface area contributed by atoms with Crippen molar-refractivity contribution in [3.63, 3.8) is 0 Å². The SMILES string of the molecule is CCCN1CCC(NC(=NCc2ccc(NC(=O)c3ccco3)cc2)NCC)CC1. The molecule has 1 aliphatic rings. The number of piperidine rings is 1. The van der Waals surface area contributed by atoms with E-state index in [1.165, 1.54) is 19.2 Å². The molecule has 0 radical (unpaired) electrons. The lowest BCUT2D eigenvalue weighted by molar-refractivity contribution is 0.0996. The summed E-state index contributed by atoms with van der Waals surface area (Å²) in [5, 5.41) is 9.76. The highest BCUT2D eigenvalue weighted by Gasteiger charge is 2.19. The lowest BCUT2D eigenvalue weighted by Gasteiger charge is -2.32. The fourth-order valence-corrected chi connectivity index (χ4v) is 3.59. The second-order valence-electron chi connectivity index (χ2n) is 7.58. The number of aliphatic imine (C=N–C) groups is 1. The lowest BCUT2D eigenvalue weighted by atomic mass is 10.1. The van der Waals surface area contributed by atoms with E-state index in [4.69, 9.17) is 9.41 Å². The zero-order valence-corrected chi connectivity index (χ0v) is 18.0. The van der Waals surface area contributed by atoms with Gasteiger partial charge in [0, 0.05) is 31.4 Å². The molecule has 1 aliphatic heterocycles. The second kappa shape index (κ2) is 11.4. The molecule has 162 valence electrons. The number of carbonyl (C=O) groups is 1. The summed E-state index contributed by atoms with van der Waals surface area (Å²) in [5.74, 6) is 0.904. The first-order valence-corrected chi connectivity index (χ1v) is 10.9. The number of rotatable bonds is 8. The molecule has 0 bridgehead atoms. The van der Waals surface area contributed by atoms with Crippen LogP contribution in [0.1, 0.15) is 49.2 Å². The summed E-state index contributed by atoms with van der Waals surface area (Å²) in [4.78, 5) is 19.3. The van der Waals surface area contributed by atoms with Crippen molar-refractivity contribution in [3.05, 3.63) is 54.0 Å². The van der Waals surface area contributed by atoms with Crippen molar-refractivity contribution in [1.82, 2.24) is 15.5 Å². The predicted molar refractivity (Wildman–Crippen MR) is 121 cm³/mol. The Morgan fingerprint density at radius 1 is 1.17 bits per heavy atom. The maximum Gasteiger partial charge on any atom is 0.291 e. The molecule has 7 nitrogen and oxygen atoms in total. The highest BCUT2D eigenvalue weighted by molar-refractivity contribution is 6.02. The van der Waals surface area contributed by atoms with E-state index in [2.05, 4.69) is 34.7 Å². The van der Waals surface area contributed by atoms with Gasteiger partial charge in [0.25, 0.3) is 5.91 Å². The molecule has 0 spiro atoms. The monoisotopic (exact) mass is 411 g/mol. The van der Waals surface area contributed by atoms with Crippen LogP contribution >= 0.6 is 0 Å². The quantitative estimate of drug-likeness (QED) is 0.458. The van der Waals surface area contributed by atoms with Crippen molar-refractivity contribution >= 4 is 17.6 Å². The number of nitrogens with zero attached hydrogens (tertiary/aromatic N) is 2. The Balaban J connectivity index is 1.51. The maximum atomic E-state index is 12.0. The predicted octanol–water partition coefficient (Wildman–Crippen LogP) is 3.46. The highest BCUT2D eigenvalue weighted by atomic mass is 16.3. The number of likely N-dealkylation sites (tertiary alicyclic amines) is 1. The van der Waals surface area contributed by atoms with Gasteiger partial charge in [0.15, 0.2) is 11.7 Å². The van der Waals surface area contributed by atoms with Crippen LogP contribution in [-0.2, 0) is 6.54 Å². The molecule has 1 saturated heterocycles. The van der Waals surface area contributed by atoms with Gasteiger partial charge >= 0.3 is 0 Å². The Kier molecular flexibility index (Phi) is 8.32. The number of guanidine groups is 1. The minimum atomic E-state index is -0.255. The summed E-state index contributed by atoms with van der Waals surface area (Å²) in [6, 6.07) is 11.5. The van der Waals surface area contributed by atoms with Crippen LogP contribution in [0.25, 0.3) is 0 Å². The number of amides is 1. The van der Waals surface area contributed by atoms with Gasteiger partial charge < -0.3 is 25.3 Å². The number of nitrogens with one attached hydrogen (secondary N) is 3. The number of anilines is 1. The number of hydrogen-bond donors (Lipinski definition) is 3. The minimum Gasteiger partial charge on any atom is -0.459 e. The third-order valence-corrected chi connectivity index (χ3v) is 5.19. The second-order valence-corrected chi connectivity index (χ2v) is 7.58. The molecule has 2 heterocycles. The van der Waals surface area contributed by atoms with Crippen LogP contribution in [0.4, 0.5) is 5.69 Å². The Labute approximate surface area is 178 Å². The zero-order chi connectivity index (χ0) is 21.2. The lowest BCUT2D eigenvalue weighted by Crippen LogP contribution is -2.48. The molecule has 0 saturated carbocycles. The largest absolute Gasteiger partial charge is 0.459 e. The molecule has 3 rings (SSSR count). The number of benzene rings is 1. The molecule has 1 fully saturated rings. The highest BCUT2D eigenvalue weighted by Crippen LogP contribution is 2.13.